The SMILES string of the molecule is Cc1cc(C(C#N)c2ccc(Cl)cc2)c(Cl)cc1NC(=O)c1ccc(C)c([N+](=O)[O-])c1. The first-order valence-electron chi connectivity index (χ1n) is 9.22. The van der Waals surface area contributed by atoms with Gasteiger partial charge in [-0.15, -0.1) is 0 Å². The molecule has 3 rings (SSSR count). The van der Waals surface area contributed by atoms with Crippen molar-refractivity contribution >= 4 is 40.5 Å². The number of rotatable bonds is 5. The number of nitrogens with zero attached hydrogens (tertiary/aromatic N) is 2. The first kappa shape index (κ1) is 22.3. The lowest BCUT2D eigenvalue weighted by Crippen LogP contribution is -2.14. The van der Waals surface area contributed by atoms with Gasteiger partial charge in [0.25, 0.3) is 11.6 Å². The van der Waals surface area contributed by atoms with E-state index in [9.17, 15) is 20.2 Å². The number of nitrogens with one attached hydrogen (secondary N) is 1. The number of halogens is 2. The lowest BCUT2D eigenvalue weighted by molar-refractivity contribution is -0.385. The molecule has 8 heteroatoms. The summed E-state index contributed by atoms with van der Waals surface area (Å²) in [6, 6.07) is 16.8. The van der Waals surface area contributed by atoms with Crippen molar-refractivity contribution < 1.29 is 9.72 Å². The van der Waals surface area contributed by atoms with E-state index in [4.69, 9.17) is 23.2 Å². The molecule has 1 amide bonds. The van der Waals surface area contributed by atoms with Crippen LogP contribution in [0.1, 0.15) is 38.5 Å². The lowest BCUT2D eigenvalue weighted by atomic mass is 9.91. The zero-order chi connectivity index (χ0) is 22.7. The number of hydrogen-bond acceptors (Lipinski definition) is 4. The molecule has 0 aliphatic rings. The highest BCUT2D eigenvalue weighted by molar-refractivity contribution is 6.32. The number of nitriles is 1. The Morgan fingerprint density at radius 3 is 2.35 bits per heavy atom. The van der Waals surface area contributed by atoms with E-state index < -0.39 is 16.7 Å². The van der Waals surface area contributed by atoms with E-state index in [2.05, 4.69) is 11.4 Å². The van der Waals surface area contributed by atoms with Crippen molar-refractivity contribution in [3.63, 3.8) is 0 Å². The maximum absolute atomic E-state index is 12.7. The van der Waals surface area contributed by atoms with Crippen LogP contribution in [0.3, 0.4) is 0 Å². The van der Waals surface area contributed by atoms with E-state index in [1.165, 1.54) is 18.2 Å². The standard InChI is InChI=1S/C23H17Cl2N3O3/c1-13-3-4-16(10-22(13)28(30)31)23(29)27-21-11-20(25)18(9-14(21)2)19(12-26)15-5-7-17(24)8-6-15/h3-11,19H,1-2H3,(H,27,29). The zero-order valence-electron chi connectivity index (χ0n) is 16.6. The molecule has 0 spiro atoms. The monoisotopic (exact) mass is 453 g/mol. The van der Waals surface area contributed by atoms with Crippen LogP contribution < -0.4 is 5.32 Å². The van der Waals surface area contributed by atoms with Gasteiger partial charge in [-0.2, -0.15) is 5.26 Å². The van der Waals surface area contributed by atoms with Crippen molar-refractivity contribution in [3.8, 4) is 6.07 Å². The molecule has 1 N–H and O–H groups in total. The lowest BCUT2D eigenvalue weighted by Gasteiger charge is -2.16. The summed E-state index contributed by atoms with van der Waals surface area (Å²) in [5, 5.41) is 24.5. The summed E-state index contributed by atoms with van der Waals surface area (Å²) in [4.78, 5) is 23.3. The Morgan fingerprint density at radius 2 is 1.74 bits per heavy atom. The Balaban J connectivity index is 1.91. The van der Waals surface area contributed by atoms with Crippen LogP contribution in [0.5, 0.6) is 0 Å². The van der Waals surface area contributed by atoms with Crippen LogP contribution in [0, 0.1) is 35.3 Å². The predicted octanol–water partition coefficient (Wildman–Crippen LogP) is 6.43. The summed E-state index contributed by atoms with van der Waals surface area (Å²) in [6.07, 6.45) is 0. The zero-order valence-corrected chi connectivity index (χ0v) is 18.2. The van der Waals surface area contributed by atoms with Gasteiger partial charge in [0.2, 0.25) is 0 Å². The van der Waals surface area contributed by atoms with Crippen LogP contribution in [-0.2, 0) is 0 Å². The number of carbonyl (C=O) groups is 1. The van der Waals surface area contributed by atoms with Gasteiger partial charge in [-0.25, -0.2) is 0 Å². The number of nitro benzene ring substituents is 1. The third-order valence-electron chi connectivity index (χ3n) is 4.90. The van der Waals surface area contributed by atoms with Gasteiger partial charge in [-0.1, -0.05) is 47.5 Å². The maximum Gasteiger partial charge on any atom is 0.273 e. The Kier molecular flexibility index (Phi) is 6.59. The van der Waals surface area contributed by atoms with Crippen molar-refractivity contribution in [3.05, 3.63) is 103 Å². The molecule has 0 bridgehead atoms. The molecular weight excluding hydrogens is 437 g/mol. The summed E-state index contributed by atoms with van der Waals surface area (Å²) in [6.45, 7) is 3.39. The maximum atomic E-state index is 12.7. The molecule has 0 aliphatic heterocycles. The van der Waals surface area contributed by atoms with Gasteiger partial charge in [0.1, 0.15) is 0 Å². The van der Waals surface area contributed by atoms with E-state index >= 15 is 0 Å². The fourth-order valence-corrected chi connectivity index (χ4v) is 3.58. The van der Waals surface area contributed by atoms with Crippen molar-refractivity contribution in [2.24, 2.45) is 0 Å². The third-order valence-corrected chi connectivity index (χ3v) is 5.48. The summed E-state index contributed by atoms with van der Waals surface area (Å²) in [7, 11) is 0. The smallest absolute Gasteiger partial charge is 0.273 e. The molecule has 6 nitrogen and oxygen atoms in total. The number of anilines is 1. The molecule has 1 atom stereocenters. The van der Waals surface area contributed by atoms with E-state index in [1.807, 2.05) is 0 Å². The second kappa shape index (κ2) is 9.17. The largest absolute Gasteiger partial charge is 0.322 e. The number of benzene rings is 3. The molecule has 0 heterocycles. The number of hydrogen-bond donors (Lipinski definition) is 1. The van der Waals surface area contributed by atoms with E-state index in [0.717, 1.165) is 5.56 Å². The molecule has 3 aromatic rings. The van der Waals surface area contributed by atoms with Gasteiger partial charge in [0, 0.05) is 32.9 Å². The fourth-order valence-electron chi connectivity index (χ4n) is 3.18. The summed E-state index contributed by atoms with van der Waals surface area (Å²) < 4.78 is 0. The van der Waals surface area contributed by atoms with Gasteiger partial charge >= 0.3 is 0 Å². The minimum atomic E-state index is -0.604. The predicted molar refractivity (Wildman–Crippen MR) is 121 cm³/mol. The average molecular weight is 454 g/mol. The van der Waals surface area contributed by atoms with Crippen LogP contribution in [0.4, 0.5) is 11.4 Å². The highest BCUT2D eigenvalue weighted by Gasteiger charge is 2.20. The molecular formula is C23H17Cl2N3O3. The van der Waals surface area contributed by atoms with Gasteiger partial charge < -0.3 is 5.32 Å². The molecule has 0 aliphatic carbocycles. The van der Waals surface area contributed by atoms with Gasteiger partial charge in [-0.05, 0) is 54.8 Å². The van der Waals surface area contributed by atoms with Crippen LogP contribution in [0.25, 0.3) is 0 Å². The molecule has 0 fully saturated rings. The highest BCUT2D eigenvalue weighted by Crippen LogP contribution is 2.34. The normalized spacial score (nSPS) is 11.5. The molecule has 31 heavy (non-hydrogen) atoms. The van der Waals surface area contributed by atoms with Crippen LogP contribution in [0.2, 0.25) is 10.0 Å². The summed E-state index contributed by atoms with van der Waals surface area (Å²) in [5.41, 5.74) is 3.00. The number of amides is 1. The van der Waals surface area contributed by atoms with Crippen molar-refractivity contribution in [1.82, 2.24) is 0 Å². The molecule has 0 saturated heterocycles. The first-order chi connectivity index (χ1) is 14.7. The van der Waals surface area contributed by atoms with Crippen molar-refractivity contribution in [1.29, 1.82) is 5.26 Å². The molecule has 0 aromatic heterocycles. The summed E-state index contributed by atoms with van der Waals surface area (Å²) >= 11 is 12.4. The Labute approximate surface area is 189 Å². The van der Waals surface area contributed by atoms with Crippen molar-refractivity contribution in [2.75, 3.05) is 5.32 Å². The van der Waals surface area contributed by atoms with E-state index in [0.29, 0.717) is 32.4 Å². The second-order valence-electron chi connectivity index (χ2n) is 7.01. The molecule has 0 saturated carbocycles. The summed E-state index contributed by atoms with van der Waals surface area (Å²) in [5.74, 6) is -1.10. The number of nitro groups is 1. The minimum absolute atomic E-state index is 0.127. The van der Waals surface area contributed by atoms with E-state index in [1.54, 1.807) is 50.2 Å². The number of aryl methyl sites for hydroxylation is 2. The Hall–Kier alpha value is -3.40. The number of carbonyl (C=O) groups excluding carboxylic acids is 1. The molecule has 0 radical (unpaired) electrons. The van der Waals surface area contributed by atoms with Crippen LogP contribution in [0.15, 0.2) is 54.6 Å². The van der Waals surface area contributed by atoms with Gasteiger partial charge in [0.15, 0.2) is 0 Å². The fraction of sp³-hybridized carbons (Fsp3) is 0.130. The second-order valence-corrected chi connectivity index (χ2v) is 7.86. The molecule has 1 unspecified atom stereocenters. The Bertz CT molecular complexity index is 1220. The third kappa shape index (κ3) is 4.85. The average Bonchev–Trinajstić information content (AvgIpc) is 2.73. The van der Waals surface area contributed by atoms with Crippen LogP contribution >= 0.6 is 23.2 Å². The topological polar surface area (TPSA) is 96.0 Å². The molecule has 3 aromatic carbocycles. The minimum Gasteiger partial charge on any atom is -0.322 e. The van der Waals surface area contributed by atoms with Crippen molar-refractivity contribution in [2.45, 2.75) is 19.8 Å². The first-order valence-corrected chi connectivity index (χ1v) is 9.98. The van der Waals surface area contributed by atoms with Crippen LogP contribution in [-0.4, -0.2) is 10.8 Å². The Morgan fingerprint density at radius 1 is 1.06 bits per heavy atom. The quantitative estimate of drug-likeness (QED) is 0.355. The highest BCUT2D eigenvalue weighted by atomic mass is 35.5. The van der Waals surface area contributed by atoms with Gasteiger partial charge in [0.05, 0.1) is 16.9 Å². The van der Waals surface area contributed by atoms with E-state index in [-0.39, 0.29) is 11.3 Å². The molecule has 156 valence electrons. The van der Waals surface area contributed by atoms with Gasteiger partial charge in [-0.3, -0.25) is 14.9 Å².